The molecule has 0 N–H and O–H groups in total. The van der Waals surface area contributed by atoms with Gasteiger partial charge in [-0.3, -0.25) is 9.59 Å². The first-order chi connectivity index (χ1) is 13.5. The van der Waals surface area contributed by atoms with E-state index >= 15 is 0 Å². The molecule has 3 aromatic rings. The van der Waals surface area contributed by atoms with Gasteiger partial charge in [0, 0.05) is 60.9 Å². The highest BCUT2D eigenvalue weighted by Crippen LogP contribution is 2.30. The number of amides is 2. The molecular weight excluding hydrogens is 390 g/mol. The van der Waals surface area contributed by atoms with Gasteiger partial charge in [-0.1, -0.05) is 0 Å². The van der Waals surface area contributed by atoms with Crippen molar-refractivity contribution in [3.05, 3.63) is 52.2 Å². The minimum absolute atomic E-state index is 0.0382. The summed E-state index contributed by atoms with van der Waals surface area (Å²) in [6, 6.07) is 11.7. The number of fused-ring (bicyclic) bond motifs is 1. The van der Waals surface area contributed by atoms with Gasteiger partial charge >= 0.3 is 0 Å². The molecule has 1 aromatic carbocycles. The molecule has 3 heterocycles. The molecule has 146 valence electrons. The maximum Gasteiger partial charge on any atom is 0.264 e. The molecular formula is C21H23N3O2S2. The molecule has 0 radical (unpaired) electrons. The maximum absolute atomic E-state index is 12.9. The summed E-state index contributed by atoms with van der Waals surface area (Å²) in [6.45, 7) is 2.51. The van der Waals surface area contributed by atoms with Gasteiger partial charge in [0.05, 0.1) is 4.88 Å². The van der Waals surface area contributed by atoms with E-state index in [-0.39, 0.29) is 11.8 Å². The molecule has 0 saturated carbocycles. The summed E-state index contributed by atoms with van der Waals surface area (Å²) in [7, 11) is 3.96. The van der Waals surface area contributed by atoms with Crippen LogP contribution in [0.1, 0.15) is 26.5 Å². The summed E-state index contributed by atoms with van der Waals surface area (Å²) in [5, 5.41) is 2.05. The fourth-order valence-corrected chi connectivity index (χ4v) is 5.51. The Morgan fingerprint density at radius 1 is 0.893 bits per heavy atom. The van der Waals surface area contributed by atoms with Crippen molar-refractivity contribution in [2.24, 2.45) is 0 Å². The molecule has 0 aliphatic carbocycles. The zero-order chi connectivity index (χ0) is 19.7. The lowest BCUT2D eigenvalue weighted by molar-refractivity contribution is 0.0721. The lowest BCUT2D eigenvalue weighted by Gasteiger charge is -2.22. The van der Waals surface area contributed by atoms with E-state index in [1.165, 1.54) is 9.40 Å². The molecule has 5 nitrogen and oxygen atoms in total. The number of benzene rings is 1. The van der Waals surface area contributed by atoms with Gasteiger partial charge in [0.1, 0.15) is 0 Å². The molecule has 1 fully saturated rings. The van der Waals surface area contributed by atoms with E-state index in [1.807, 2.05) is 59.1 Å². The molecule has 2 aromatic heterocycles. The Morgan fingerprint density at radius 2 is 1.57 bits per heavy atom. The molecule has 1 aliphatic rings. The standard InChI is InChI=1S/C21H23N3O2S2/c1-22(2)16-6-4-15(5-7-16)20(25)23-9-3-10-24(12-11-23)21(26)19-14-18-17(28-19)8-13-27-18/h4-8,13-14H,3,9-12H2,1-2H3. The van der Waals surface area contributed by atoms with Gasteiger partial charge < -0.3 is 14.7 Å². The first-order valence-electron chi connectivity index (χ1n) is 9.36. The van der Waals surface area contributed by atoms with Crippen LogP contribution in [-0.2, 0) is 0 Å². The third-order valence-electron chi connectivity index (χ3n) is 5.05. The van der Waals surface area contributed by atoms with Crippen LogP contribution < -0.4 is 4.90 Å². The molecule has 7 heteroatoms. The summed E-state index contributed by atoms with van der Waals surface area (Å²) in [4.78, 5) is 32.3. The van der Waals surface area contributed by atoms with Crippen molar-refractivity contribution in [2.75, 3.05) is 45.2 Å². The lowest BCUT2D eigenvalue weighted by Crippen LogP contribution is -2.37. The van der Waals surface area contributed by atoms with Crippen LogP contribution in [0.25, 0.3) is 9.40 Å². The van der Waals surface area contributed by atoms with E-state index in [2.05, 4.69) is 11.4 Å². The van der Waals surface area contributed by atoms with Gasteiger partial charge in [0.2, 0.25) is 0 Å². The van der Waals surface area contributed by atoms with Crippen molar-refractivity contribution in [3.63, 3.8) is 0 Å². The fraction of sp³-hybridized carbons (Fsp3) is 0.333. The molecule has 0 spiro atoms. The Hall–Kier alpha value is -2.38. The van der Waals surface area contributed by atoms with E-state index in [0.717, 1.165) is 17.0 Å². The normalized spacial score (nSPS) is 14.9. The van der Waals surface area contributed by atoms with Crippen molar-refractivity contribution in [1.82, 2.24) is 9.80 Å². The number of hydrogen-bond acceptors (Lipinski definition) is 5. The van der Waals surface area contributed by atoms with Gasteiger partial charge in [-0.2, -0.15) is 0 Å². The van der Waals surface area contributed by atoms with E-state index in [1.54, 1.807) is 22.7 Å². The van der Waals surface area contributed by atoms with Crippen LogP contribution in [0.5, 0.6) is 0 Å². The van der Waals surface area contributed by atoms with Crippen LogP contribution in [0.3, 0.4) is 0 Å². The van der Waals surface area contributed by atoms with E-state index in [4.69, 9.17) is 0 Å². The first kappa shape index (κ1) is 19.0. The molecule has 28 heavy (non-hydrogen) atoms. The zero-order valence-electron chi connectivity index (χ0n) is 16.1. The maximum atomic E-state index is 12.9. The summed E-state index contributed by atoms with van der Waals surface area (Å²) in [6.07, 6.45) is 0.799. The quantitative estimate of drug-likeness (QED) is 0.651. The van der Waals surface area contributed by atoms with Gasteiger partial charge in [0.15, 0.2) is 0 Å². The van der Waals surface area contributed by atoms with Crippen molar-refractivity contribution >= 4 is 49.6 Å². The Morgan fingerprint density at radius 3 is 2.21 bits per heavy atom. The topological polar surface area (TPSA) is 43.9 Å². The Balaban J connectivity index is 1.42. The molecule has 0 unspecified atom stereocenters. The van der Waals surface area contributed by atoms with Gasteiger partial charge in [-0.25, -0.2) is 0 Å². The SMILES string of the molecule is CN(C)c1ccc(C(=O)N2CCCN(C(=O)c3cc4sccc4s3)CC2)cc1. The third-order valence-corrected chi connectivity index (χ3v) is 7.13. The fourth-order valence-electron chi connectivity index (χ4n) is 3.44. The first-order valence-corrected chi connectivity index (χ1v) is 11.1. The average Bonchev–Trinajstić information content (AvgIpc) is 3.21. The third kappa shape index (κ3) is 3.77. The Labute approximate surface area is 172 Å². The van der Waals surface area contributed by atoms with Crippen LogP contribution >= 0.6 is 22.7 Å². The highest BCUT2D eigenvalue weighted by atomic mass is 32.1. The highest BCUT2D eigenvalue weighted by molar-refractivity contribution is 7.27. The monoisotopic (exact) mass is 413 g/mol. The van der Waals surface area contributed by atoms with Crippen LogP contribution in [-0.4, -0.2) is 61.9 Å². The second-order valence-corrected chi connectivity index (χ2v) is 9.17. The van der Waals surface area contributed by atoms with E-state index in [0.29, 0.717) is 31.7 Å². The van der Waals surface area contributed by atoms with Gasteiger partial charge in [-0.05, 0) is 48.2 Å². The number of nitrogens with zero attached hydrogens (tertiary/aromatic N) is 3. The number of rotatable bonds is 3. The molecule has 1 saturated heterocycles. The smallest absolute Gasteiger partial charge is 0.264 e. The summed E-state index contributed by atoms with van der Waals surface area (Å²) in [5.41, 5.74) is 1.77. The number of hydrogen-bond donors (Lipinski definition) is 0. The predicted molar refractivity (Wildman–Crippen MR) is 117 cm³/mol. The van der Waals surface area contributed by atoms with Crippen LogP contribution in [0, 0.1) is 0 Å². The van der Waals surface area contributed by atoms with Crippen molar-refractivity contribution < 1.29 is 9.59 Å². The lowest BCUT2D eigenvalue weighted by atomic mass is 10.1. The Bertz CT molecular complexity index is 962. The number of carbonyl (C=O) groups is 2. The molecule has 2 amide bonds. The molecule has 0 atom stereocenters. The number of thiophene rings is 2. The minimum atomic E-state index is 0.0382. The molecule has 4 rings (SSSR count). The van der Waals surface area contributed by atoms with Crippen LogP contribution in [0.4, 0.5) is 5.69 Å². The van der Waals surface area contributed by atoms with Crippen LogP contribution in [0.15, 0.2) is 41.8 Å². The number of carbonyl (C=O) groups excluding carboxylic acids is 2. The summed E-state index contributed by atoms with van der Waals surface area (Å²) < 4.78 is 2.34. The van der Waals surface area contributed by atoms with E-state index < -0.39 is 0 Å². The molecule has 1 aliphatic heterocycles. The second kappa shape index (κ2) is 7.93. The van der Waals surface area contributed by atoms with Gasteiger partial charge in [-0.15, -0.1) is 22.7 Å². The van der Waals surface area contributed by atoms with Crippen LogP contribution in [0.2, 0.25) is 0 Å². The minimum Gasteiger partial charge on any atom is -0.378 e. The van der Waals surface area contributed by atoms with Crippen molar-refractivity contribution in [1.29, 1.82) is 0 Å². The predicted octanol–water partition coefficient (Wildman–Crippen LogP) is 4.02. The highest BCUT2D eigenvalue weighted by Gasteiger charge is 2.24. The largest absolute Gasteiger partial charge is 0.378 e. The zero-order valence-corrected chi connectivity index (χ0v) is 17.7. The van der Waals surface area contributed by atoms with Crippen molar-refractivity contribution in [3.8, 4) is 0 Å². The van der Waals surface area contributed by atoms with E-state index in [9.17, 15) is 9.59 Å². The molecule has 0 bridgehead atoms. The average molecular weight is 414 g/mol. The Kier molecular flexibility index (Phi) is 5.37. The van der Waals surface area contributed by atoms with Crippen molar-refractivity contribution in [2.45, 2.75) is 6.42 Å². The van der Waals surface area contributed by atoms with Gasteiger partial charge in [0.25, 0.3) is 11.8 Å². The summed E-state index contributed by atoms with van der Waals surface area (Å²) >= 11 is 3.22. The summed E-state index contributed by atoms with van der Waals surface area (Å²) in [5.74, 6) is 0.120. The number of anilines is 1. The second-order valence-electron chi connectivity index (χ2n) is 7.14.